The number of fused-ring (bicyclic) bond motifs is 4. The van der Waals surface area contributed by atoms with Crippen molar-refractivity contribution in [1.82, 2.24) is 10.6 Å². The minimum Gasteiger partial charge on any atom is -0.505 e. The Kier molecular flexibility index (Phi) is 26.7. The van der Waals surface area contributed by atoms with Gasteiger partial charge in [0.1, 0.15) is 18.0 Å². The fraction of sp³-hybridized carbons (Fsp3) is 0.517. The largest absolute Gasteiger partial charge is 0.505 e. The van der Waals surface area contributed by atoms with E-state index in [1.54, 1.807) is 96.6 Å². The number of benzene rings is 1. The fourth-order valence-electron chi connectivity index (χ4n) is 9.81. The summed E-state index contributed by atoms with van der Waals surface area (Å²) in [4.78, 5) is 75.4. The van der Waals surface area contributed by atoms with Crippen LogP contribution in [0.2, 0.25) is 0 Å². The molecule has 2 aliphatic heterocycles. The number of hydrogen-bond acceptors (Lipinski definition) is 17. The summed E-state index contributed by atoms with van der Waals surface area (Å²) in [6.45, 7) is 14.1. The number of aliphatic hydroxyl groups excluding tert-OH is 2. The number of nitrogens with one attached hydrogen (secondary N) is 3. The van der Waals surface area contributed by atoms with Crippen molar-refractivity contribution in [1.29, 1.82) is 0 Å². The molecule has 12 atom stereocenters. The van der Waals surface area contributed by atoms with Gasteiger partial charge in [-0.1, -0.05) is 76.3 Å². The Balaban J connectivity index is 0.000000420. The number of aromatic hydroxyl groups is 2. The Morgan fingerprint density at radius 2 is 1.15 bits per heavy atom. The predicted octanol–water partition coefficient (Wildman–Crippen LogP) is 4.36. The molecule has 4 rings (SSSR count). The van der Waals surface area contributed by atoms with Gasteiger partial charge in [-0.05, 0) is 76.4 Å². The molecular weight excluding hydrogens is 1040 g/mol. The van der Waals surface area contributed by atoms with E-state index in [-0.39, 0.29) is 58.0 Å². The molecule has 4 amide bonds. The van der Waals surface area contributed by atoms with Crippen LogP contribution in [0.5, 0.6) is 11.5 Å². The summed E-state index contributed by atoms with van der Waals surface area (Å²) < 4.78 is 33.1. The van der Waals surface area contributed by atoms with Crippen LogP contribution in [-0.4, -0.2) is 147 Å². The molecule has 442 valence electrons. The Morgan fingerprint density at radius 3 is 1.56 bits per heavy atom. The van der Waals surface area contributed by atoms with Gasteiger partial charge in [0, 0.05) is 76.2 Å². The number of quaternary nitrogens is 1. The molecule has 0 radical (unpaired) electrons. The predicted molar refractivity (Wildman–Crippen MR) is 300 cm³/mol. The first-order valence-corrected chi connectivity index (χ1v) is 26.4. The number of ether oxygens (including phenoxy) is 6. The van der Waals surface area contributed by atoms with Crippen LogP contribution in [0.3, 0.4) is 0 Å². The average molecular weight is 1120 g/mol. The summed E-state index contributed by atoms with van der Waals surface area (Å²) in [5, 5.41) is 53.9. The number of aliphatic hydroxyl groups is 2. The van der Waals surface area contributed by atoms with Gasteiger partial charge < -0.3 is 81.6 Å². The van der Waals surface area contributed by atoms with E-state index in [1.165, 1.54) is 40.6 Å². The van der Waals surface area contributed by atoms with Gasteiger partial charge in [-0.15, -0.1) is 0 Å². The number of methoxy groups -OCH3 is 4. The molecule has 22 heteroatoms. The number of likely N-dealkylation sites (N-methyl/N-ethyl adjacent to an activating group) is 1. The highest BCUT2D eigenvalue weighted by atomic mass is 16.6. The zero-order chi connectivity index (χ0) is 60.3. The standard InChI is InChI=1S/C29H43N3O8.C29H41N3O8/c2*1-15-11-19-24(31-5)21(33)14-20(26(19)35)32-28(36)16(2)9-8-10-22(38-6)27(40-29(30)37)18(4)13-17(3)25(34)23(12-15)39-7/h8-10,13-15,17,22-23,25,27,31,33-35H,11-12H2,1-7H3,(H2,30,37)(H,32,36);8-10,13-15,17,22-23,25,27,31,34H,11-12H2,1-7H3,(H2,30,37)(H,32,36)/p+1/b2*10-8-,16-9+,18-13+/t2*15-,17+,22+,23+,25-,27+/m11/s1. The van der Waals surface area contributed by atoms with E-state index in [4.69, 9.17) is 39.9 Å². The maximum Gasteiger partial charge on any atom is 0.405 e. The number of primary amides is 2. The summed E-state index contributed by atoms with van der Waals surface area (Å²) in [6, 6.07) is 1.31. The van der Waals surface area contributed by atoms with Crippen LogP contribution in [0.25, 0.3) is 0 Å². The van der Waals surface area contributed by atoms with E-state index in [0.717, 1.165) is 6.08 Å². The van der Waals surface area contributed by atoms with Crippen molar-refractivity contribution < 1.29 is 82.9 Å². The van der Waals surface area contributed by atoms with Gasteiger partial charge in [0.15, 0.2) is 23.6 Å². The van der Waals surface area contributed by atoms with Crippen molar-refractivity contribution in [3.63, 3.8) is 0 Å². The van der Waals surface area contributed by atoms with Crippen molar-refractivity contribution >= 4 is 46.9 Å². The minimum atomic E-state index is -0.997. The summed E-state index contributed by atoms with van der Waals surface area (Å²) in [7, 11) is 9.20. The number of ketones is 2. The molecule has 1 aromatic carbocycles. The van der Waals surface area contributed by atoms with E-state index >= 15 is 0 Å². The molecule has 1 aromatic rings. The molecule has 0 unspecified atom stereocenters. The van der Waals surface area contributed by atoms with Crippen molar-refractivity contribution in [3.05, 3.63) is 106 Å². The van der Waals surface area contributed by atoms with Crippen LogP contribution in [-0.2, 0) is 54.0 Å². The Labute approximate surface area is 469 Å². The third kappa shape index (κ3) is 18.6. The van der Waals surface area contributed by atoms with E-state index < -0.39 is 96.2 Å². The smallest absolute Gasteiger partial charge is 0.405 e. The number of rotatable bonds is 8. The van der Waals surface area contributed by atoms with Crippen LogP contribution in [0.15, 0.2) is 100 Å². The highest BCUT2D eigenvalue weighted by molar-refractivity contribution is 6.23. The molecule has 0 spiro atoms. The number of anilines is 1. The van der Waals surface area contributed by atoms with Crippen LogP contribution >= 0.6 is 0 Å². The van der Waals surface area contributed by atoms with Crippen molar-refractivity contribution in [2.75, 3.05) is 47.9 Å². The lowest BCUT2D eigenvalue weighted by Crippen LogP contribution is -2.73. The number of carbonyl (C=O) groups is 6. The summed E-state index contributed by atoms with van der Waals surface area (Å²) in [5.74, 6) is -3.26. The van der Waals surface area contributed by atoms with Crippen LogP contribution < -0.4 is 32.7 Å². The van der Waals surface area contributed by atoms with Crippen LogP contribution in [0, 0.1) is 23.7 Å². The molecule has 0 saturated carbocycles. The van der Waals surface area contributed by atoms with Crippen molar-refractivity contribution in [3.8, 4) is 11.5 Å². The second-order valence-electron chi connectivity index (χ2n) is 20.5. The molecule has 0 fully saturated rings. The molecular formula is C58H85N6O16+. The first-order valence-electron chi connectivity index (χ1n) is 26.4. The van der Waals surface area contributed by atoms with Gasteiger partial charge in [0.2, 0.25) is 11.6 Å². The Hall–Kier alpha value is -6.92. The number of Topliss-reactive ketones (excluding diaryl/α,β-unsaturated/α-hetero) is 1. The van der Waals surface area contributed by atoms with Gasteiger partial charge in [0.25, 0.3) is 11.8 Å². The third-order valence-electron chi connectivity index (χ3n) is 14.2. The minimum absolute atomic E-state index is 0.0754. The number of phenols is 2. The van der Waals surface area contributed by atoms with Crippen LogP contribution in [0.4, 0.5) is 21.0 Å². The van der Waals surface area contributed by atoms with E-state index in [1.807, 2.05) is 20.8 Å². The number of allylic oxidation sites excluding steroid dienone is 6. The maximum atomic E-state index is 13.4. The monoisotopic (exact) mass is 1120 g/mol. The molecule has 1 aliphatic carbocycles. The Morgan fingerprint density at radius 1 is 0.700 bits per heavy atom. The van der Waals surface area contributed by atoms with Gasteiger partial charge in [-0.25, -0.2) is 9.59 Å². The lowest BCUT2D eigenvalue weighted by Gasteiger charge is -2.30. The number of carbonyl (C=O) groups excluding carboxylic acids is 6. The highest BCUT2D eigenvalue weighted by Crippen LogP contribution is 2.40. The summed E-state index contributed by atoms with van der Waals surface area (Å²) >= 11 is 0. The molecule has 2 heterocycles. The SMILES string of the molecule is CNC1=C2C[C@@H](C)C[C@H](OC)[C@H](O)[C@@H](C)/C=C(\C)[C@H](OC(N)=O)[C@@H](OC)/C=C\C=C(/C)C(=O)NC(=CC1=O)C2=O.C[NH2+]c1c(O)cc2c(O)c1C[C@@H](C)C[C@H](OC)[C@H](O)[C@@H](C)/C=C(\C)[C@H](OC(N)=O)[C@@H](OC)/C=C\C=C(/C)C(=O)N2. The highest BCUT2D eigenvalue weighted by Gasteiger charge is 2.35. The van der Waals surface area contributed by atoms with Crippen LogP contribution in [0.1, 0.15) is 80.2 Å². The van der Waals surface area contributed by atoms with Gasteiger partial charge >= 0.3 is 12.2 Å². The fourth-order valence-corrected chi connectivity index (χ4v) is 9.81. The first kappa shape index (κ1) is 67.4. The zero-order valence-electron chi connectivity index (χ0n) is 48.5. The number of hydrogen-bond donors (Lipinski definition) is 10. The molecule has 13 N–H and O–H groups in total. The van der Waals surface area contributed by atoms with Gasteiger partial charge in [-0.3, -0.25) is 19.2 Å². The second-order valence-corrected chi connectivity index (χ2v) is 20.5. The average Bonchev–Trinajstić information content (AvgIpc) is 3.42. The number of amides is 4. The number of nitrogens with two attached hydrogens (primary N) is 3. The molecule has 22 nitrogen and oxygen atoms in total. The number of phenolic OH excluding ortho intramolecular Hbond substituents is 2. The summed E-state index contributed by atoms with van der Waals surface area (Å²) in [6.07, 6.45) is 7.07. The summed E-state index contributed by atoms with van der Waals surface area (Å²) in [5.41, 5.74) is 13.8. The first-order chi connectivity index (χ1) is 37.7. The molecule has 4 bridgehead atoms. The second kappa shape index (κ2) is 31.8. The lowest BCUT2D eigenvalue weighted by molar-refractivity contribution is -0.540. The van der Waals surface area contributed by atoms with Gasteiger partial charge in [-0.2, -0.15) is 0 Å². The van der Waals surface area contributed by atoms with Gasteiger partial charge in [0.05, 0.1) is 54.1 Å². The molecule has 0 saturated heterocycles. The van der Waals surface area contributed by atoms with Crippen molar-refractivity contribution in [2.45, 2.75) is 130 Å². The third-order valence-corrected chi connectivity index (χ3v) is 14.2. The maximum absolute atomic E-state index is 13.4. The van der Waals surface area contributed by atoms with Crippen molar-refractivity contribution in [2.24, 2.45) is 35.1 Å². The van der Waals surface area contributed by atoms with E-state index in [2.05, 4.69) is 16.0 Å². The Bertz CT molecular complexity index is 2650. The normalized spacial score (nSPS) is 31.5. The molecule has 0 aromatic heterocycles. The van der Waals surface area contributed by atoms with E-state index in [9.17, 15) is 49.2 Å². The molecule has 80 heavy (non-hydrogen) atoms. The topological polar surface area (TPSA) is 343 Å². The molecule has 3 aliphatic rings. The zero-order valence-corrected chi connectivity index (χ0v) is 48.5. The van der Waals surface area contributed by atoms with E-state index in [0.29, 0.717) is 47.2 Å². The lowest BCUT2D eigenvalue weighted by atomic mass is 9.85. The quantitative estimate of drug-likeness (QED) is 0.0568.